The van der Waals surface area contributed by atoms with Gasteiger partial charge in [-0.3, -0.25) is 0 Å². The smallest absolute Gasteiger partial charge is 0.225 e. The average molecular weight is 417 g/mol. The number of hydrogen-bond donors (Lipinski definition) is 0. The lowest BCUT2D eigenvalue weighted by atomic mass is 9.70. The highest BCUT2D eigenvalue weighted by Gasteiger charge is 2.33. The van der Waals surface area contributed by atoms with E-state index in [2.05, 4.69) is 40.9 Å². The number of aromatic nitrogens is 6. The molecule has 0 radical (unpaired) electrons. The number of aryl methyl sites for hydroxylation is 1. The first-order valence-electron chi connectivity index (χ1n) is 9.86. The molecule has 0 spiro atoms. The molecule has 4 heterocycles. The summed E-state index contributed by atoms with van der Waals surface area (Å²) in [6.45, 7) is 4.22. The largest absolute Gasteiger partial charge is 0.333 e. The minimum Gasteiger partial charge on any atom is -0.225 e. The Morgan fingerprint density at radius 3 is 2.93 bits per heavy atom. The Labute approximate surface area is 170 Å². The van der Waals surface area contributed by atoms with Crippen molar-refractivity contribution in [3.05, 3.63) is 29.0 Å². The second kappa shape index (κ2) is 6.55. The minimum absolute atomic E-state index is 0.200. The highest BCUT2D eigenvalue weighted by atomic mass is 32.1. The van der Waals surface area contributed by atoms with E-state index in [9.17, 15) is 8.78 Å². The molecule has 0 unspecified atom stereocenters. The summed E-state index contributed by atoms with van der Waals surface area (Å²) in [5, 5.41) is 9.10. The molecule has 29 heavy (non-hydrogen) atoms. The molecule has 152 valence electrons. The van der Waals surface area contributed by atoms with E-state index in [4.69, 9.17) is 0 Å². The van der Waals surface area contributed by atoms with Gasteiger partial charge in [-0.05, 0) is 42.2 Å². The predicted octanol–water partition coefficient (Wildman–Crippen LogP) is 5.14. The molecule has 6 nitrogen and oxygen atoms in total. The first-order valence-corrected chi connectivity index (χ1v) is 10.7. The van der Waals surface area contributed by atoms with Gasteiger partial charge < -0.3 is 0 Å². The van der Waals surface area contributed by atoms with Crippen LogP contribution in [0.1, 0.15) is 50.6 Å². The Bertz CT molecular complexity index is 1200. The van der Waals surface area contributed by atoms with Gasteiger partial charge >= 0.3 is 6.55 Å². The van der Waals surface area contributed by atoms with Gasteiger partial charge in [0.2, 0.25) is 5.82 Å². The minimum atomic E-state index is -2.74. The van der Waals surface area contributed by atoms with E-state index < -0.39 is 6.55 Å². The zero-order valence-corrected chi connectivity index (χ0v) is 17.4. The van der Waals surface area contributed by atoms with Crippen molar-refractivity contribution in [2.75, 3.05) is 0 Å². The van der Waals surface area contributed by atoms with E-state index in [1.807, 2.05) is 0 Å². The summed E-state index contributed by atoms with van der Waals surface area (Å²) in [5.41, 5.74) is 2.49. The van der Waals surface area contributed by atoms with Gasteiger partial charge in [0.1, 0.15) is 16.9 Å². The van der Waals surface area contributed by atoms with Gasteiger partial charge in [0.25, 0.3) is 0 Å². The van der Waals surface area contributed by atoms with Crippen LogP contribution < -0.4 is 0 Å². The molecule has 4 aromatic rings. The molecule has 5 rings (SSSR count). The van der Waals surface area contributed by atoms with Crippen LogP contribution in [0.25, 0.3) is 27.4 Å². The van der Waals surface area contributed by atoms with Crippen molar-refractivity contribution in [1.29, 1.82) is 0 Å². The van der Waals surface area contributed by atoms with Crippen LogP contribution >= 0.6 is 11.3 Å². The number of rotatable bonds is 4. The fourth-order valence-electron chi connectivity index (χ4n) is 4.29. The quantitative estimate of drug-likeness (QED) is 0.462. The monoisotopic (exact) mass is 416 g/mol. The molecule has 0 N–H and O–H groups in total. The molecule has 1 aliphatic rings. The van der Waals surface area contributed by atoms with Crippen LogP contribution in [0.2, 0.25) is 0 Å². The second-order valence-corrected chi connectivity index (χ2v) is 9.44. The van der Waals surface area contributed by atoms with E-state index in [1.54, 1.807) is 22.2 Å². The zero-order valence-electron chi connectivity index (χ0n) is 16.6. The van der Waals surface area contributed by atoms with Crippen molar-refractivity contribution in [2.24, 2.45) is 11.3 Å². The van der Waals surface area contributed by atoms with Crippen LogP contribution in [-0.2, 0) is 12.8 Å². The van der Waals surface area contributed by atoms with Crippen LogP contribution in [0.15, 0.2) is 18.6 Å². The van der Waals surface area contributed by atoms with Gasteiger partial charge in [0.05, 0.1) is 5.39 Å². The third-order valence-electron chi connectivity index (χ3n) is 6.49. The summed E-state index contributed by atoms with van der Waals surface area (Å²) in [5.74, 6) is 0.885. The van der Waals surface area contributed by atoms with Crippen molar-refractivity contribution in [3.8, 4) is 11.5 Å². The van der Waals surface area contributed by atoms with Gasteiger partial charge in [0, 0.05) is 11.1 Å². The second-order valence-electron chi connectivity index (χ2n) is 8.35. The molecule has 0 bridgehead atoms. The molecule has 0 amide bonds. The Morgan fingerprint density at radius 2 is 2.17 bits per heavy atom. The van der Waals surface area contributed by atoms with E-state index in [0.29, 0.717) is 21.7 Å². The highest BCUT2D eigenvalue weighted by molar-refractivity contribution is 7.19. The Kier molecular flexibility index (Phi) is 4.20. The molecule has 9 heteroatoms. The lowest BCUT2D eigenvalue weighted by molar-refractivity contribution is 0.0583. The van der Waals surface area contributed by atoms with Gasteiger partial charge in [0.15, 0.2) is 5.65 Å². The number of hydrogen-bond acceptors (Lipinski definition) is 5. The van der Waals surface area contributed by atoms with Crippen LogP contribution in [0, 0.1) is 11.3 Å². The highest BCUT2D eigenvalue weighted by Crippen LogP contribution is 2.45. The van der Waals surface area contributed by atoms with Gasteiger partial charge in [-0.1, -0.05) is 27.2 Å². The van der Waals surface area contributed by atoms with Gasteiger partial charge in [-0.2, -0.15) is 13.9 Å². The first-order chi connectivity index (χ1) is 13.9. The lowest BCUT2D eigenvalue weighted by Gasteiger charge is -2.36. The number of nitrogens with zero attached hydrogens (tertiary/aromatic N) is 6. The third-order valence-corrected chi connectivity index (χ3v) is 7.65. The number of halogens is 2. The number of alkyl halides is 2. The van der Waals surface area contributed by atoms with Crippen molar-refractivity contribution in [3.63, 3.8) is 0 Å². The number of thiophene rings is 1. The molecule has 4 aromatic heterocycles. The predicted molar refractivity (Wildman–Crippen MR) is 108 cm³/mol. The van der Waals surface area contributed by atoms with E-state index >= 15 is 0 Å². The maximum atomic E-state index is 13.2. The molecular weight excluding hydrogens is 394 g/mol. The Morgan fingerprint density at radius 1 is 1.34 bits per heavy atom. The summed E-state index contributed by atoms with van der Waals surface area (Å²) in [7, 11) is 0. The van der Waals surface area contributed by atoms with Crippen LogP contribution in [0.5, 0.6) is 0 Å². The first kappa shape index (κ1) is 18.6. The third kappa shape index (κ3) is 2.86. The molecule has 0 saturated carbocycles. The molecule has 0 fully saturated rings. The van der Waals surface area contributed by atoms with Gasteiger partial charge in [-0.15, -0.1) is 16.4 Å². The van der Waals surface area contributed by atoms with Crippen LogP contribution in [0.4, 0.5) is 8.78 Å². The van der Waals surface area contributed by atoms with Crippen molar-refractivity contribution >= 4 is 27.2 Å². The van der Waals surface area contributed by atoms with Crippen molar-refractivity contribution < 1.29 is 8.78 Å². The van der Waals surface area contributed by atoms with E-state index in [0.717, 1.165) is 35.9 Å². The molecule has 0 saturated heterocycles. The van der Waals surface area contributed by atoms with E-state index in [1.165, 1.54) is 22.7 Å². The summed E-state index contributed by atoms with van der Waals surface area (Å²) >= 11 is 1.73. The van der Waals surface area contributed by atoms with Crippen LogP contribution in [0.3, 0.4) is 0 Å². The fourth-order valence-corrected chi connectivity index (χ4v) is 5.55. The van der Waals surface area contributed by atoms with E-state index in [-0.39, 0.29) is 11.5 Å². The fraction of sp³-hybridized carbons (Fsp3) is 0.500. The Hall–Kier alpha value is -2.42. The van der Waals surface area contributed by atoms with Crippen molar-refractivity contribution in [2.45, 2.75) is 53.0 Å². The Balaban J connectivity index is 1.63. The molecular formula is C20H22F2N6S. The molecule has 1 atom stereocenters. The average Bonchev–Trinajstić information content (AvgIpc) is 3.41. The van der Waals surface area contributed by atoms with Gasteiger partial charge in [-0.25, -0.2) is 19.2 Å². The lowest BCUT2D eigenvalue weighted by Crippen LogP contribution is -2.28. The summed E-state index contributed by atoms with van der Waals surface area (Å²) in [6, 6.07) is 1.51. The van der Waals surface area contributed by atoms with Crippen molar-refractivity contribution in [1.82, 2.24) is 29.4 Å². The van der Waals surface area contributed by atoms with Crippen LogP contribution in [-0.4, -0.2) is 29.4 Å². The topological polar surface area (TPSA) is 60.9 Å². The summed E-state index contributed by atoms with van der Waals surface area (Å²) in [6.07, 6.45) is 7.30. The molecule has 1 aliphatic carbocycles. The SMILES string of the molecule is CCC(C)(C)[C@H]1CCc2c(sc3ncn4nc(-c5ccnn5C(F)F)nc4c23)C1. The summed E-state index contributed by atoms with van der Waals surface area (Å²) < 4.78 is 28.7. The molecule has 0 aliphatic heterocycles. The molecule has 0 aromatic carbocycles. The summed E-state index contributed by atoms with van der Waals surface area (Å²) in [4.78, 5) is 11.5. The maximum absolute atomic E-state index is 13.2. The number of fused-ring (bicyclic) bond motifs is 5. The standard InChI is InChI=1S/C20H22F2N6S/c1-4-20(2,3)11-5-6-12-14(9-11)29-18-15(12)17-25-16(26-27(17)10-23-18)13-7-8-24-28(13)19(21)22/h7-8,10-11,19H,4-6,9H2,1-3H3/t11-/m0/s1. The normalized spacial score (nSPS) is 17.5. The maximum Gasteiger partial charge on any atom is 0.333 e. The zero-order chi connectivity index (χ0) is 20.3.